The first-order chi connectivity index (χ1) is 6.91. The van der Waals surface area contributed by atoms with E-state index in [0.29, 0.717) is 0 Å². The molecule has 0 spiro atoms. The highest BCUT2D eigenvalue weighted by molar-refractivity contribution is 4.94. The molecule has 0 aromatic carbocycles. The smallest absolute Gasteiger partial charge is 0.00930 e. The van der Waals surface area contributed by atoms with Gasteiger partial charge in [-0.05, 0) is 44.3 Å². The van der Waals surface area contributed by atoms with Gasteiger partial charge in [-0.3, -0.25) is 0 Å². The zero-order valence-electron chi connectivity index (χ0n) is 9.50. The molecule has 0 heterocycles. The van der Waals surface area contributed by atoms with Crippen molar-refractivity contribution in [1.29, 1.82) is 0 Å². The topological polar surface area (TPSA) is 0 Å². The number of unbranched alkanes of at least 4 members (excludes halogenated alkanes) is 1. The predicted octanol–water partition coefficient (Wildman–Crippen LogP) is 4.80. The van der Waals surface area contributed by atoms with E-state index in [1.54, 1.807) is 0 Å². The fraction of sp³-hybridized carbons (Fsp3) is 0.500. The van der Waals surface area contributed by atoms with E-state index in [1.807, 2.05) is 0 Å². The largest absolute Gasteiger partial charge is 0.129 e. The summed E-state index contributed by atoms with van der Waals surface area (Å²) in [5.74, 6) is 0. The third kappa shape index (κ3) is 11.0. The van der Waals surface area contributed by atoms with Gasteiger partial charge < -0.3 is 0 Å². The lowest BCUT2D eigenvalue weighted by molar-refractivity contribution is 1.03. The third-order valence-corrected chi connectivity index (χ3v) is 1.76. The Hall–Kier alpha value is -1.00. The summed E-state index contributed by atoms with van der Waals surface area (Å²) >= 11 is 0. The molecule has 0 saturated carbocycles. The third-order valence-electron chi connectivity index (χ3n) is 1.76. The van der Waals surface area contributed by atoms with Crippen molar-refractivity contribution < 1.29 is 0 Å². The van der Waals surface area contributed by atoms with Gasteiger partial charge in [-0.1, -0.05) is 38.2 Å². The van der Waals surface area contributed by atoms with Crippen LogP contribution < -0.4 is 0 Å². The molecule has 0 aliphatic carbocycles. The molecule has 0 amide bonds. The van der Waals surface area contributed by atoms with Crippen molar-refractivity contribution in [2.75, 3.05) is 0 Å². The summed E-state index contributed by atoms with van der Waals surface area (Å²) in [7, 11) is 0. The van der Waals surface area contributed by atoms with Crippen LogP contribution in [0, 0.1) is 0 Å². The average Bonchev–Trinajstić information content (AvgIpc) is 2.21. The van der Waals surface area contributed by atoms with Gasteiger partial charge in [0, 0.05) is 0 Å². The summed E-state index contributed by atoms with van der Waals surface area (Å²) in [5, 5.41) is 0. The highest BCUT2D eigenvalue weighted by Gasteiger charge is 1.75. The molecule has 0 rings (SSSR count). The van der Waals surface area contributed by atoms with Gasteiger partial charge >= 0.3 is 0 Å². The maximum Gasteiger partial charge on any atom is -0.00930 e. The van der Waals surface area contributed by atoms with Crippen LogP contribution in [-0.4, -0.2) is 0 Å². The number of hydrogen-bond acceptors (Lipinski definition) is 0. The van der Waals surface area contributed by atoms with Crippen LogP contribution in [0.25, 0.3) is 0 Å². The van der Waals surface area contributed by atoms with Crippen LogP contribution in [0.1, 0.15) is 46.0 Å². The van der Waals surface area contributed by atoms with Crippen molar-refractivity contribution in [3.05, 3.63) is 42.2 Å². The Labute approximate surface area is 88.7 Å². The summed E-state index contributed by atoms with van der Waals surface area (Å²) in [4.78, 5) is 0. The Morgan fingerprint density at radius 1 is 0.786 bits per heavy atom. The van der Waals surface area contributed by atoms with Crippen molar-refractivity contribution >= 4 is 0 Å². The number of rotatable bonds is 7. The van der Waals surface area contributed by atoms with Crippen molar-refractivity contribution in [2.24, 2.45) is 0 Å². The molecule has 0 unspecified atom stereocenters. The lowest BCUT2D eigenvalue weighted by Crippen LogP contribution is -1.65. The van der Waals surface area contributed by atoms with Gasteiger partial charge in [0.05, 0.1) is 0 Å². The van der Waals surface area contributed by atoms with E-state index < -0.39 is 0 Å². The molecule has 0 aliphatic rings. The van der Waals surface area contributed by atoms with Gasteiger partial charge in [0.1, 0.15) is 0 Å². The van der Waals surface area contributed by atoms with Crippen LogP contribution in [0.4, 0.5) is 0 Å². The summed E-state index contributed by atoms with van der Waals surface area (Å²) in [6.45, 7) is 4.29. The Kier molecular flexibility index (Phi) is 11.1. The van der Waals surface area contributed by atoms with Crippen LogP contribution in [-0.2, 0) is 0 Å². The Morgan fingerprint density at radius 3 is 2.14 bits per heavy atom. The molecule has 0 atom stereocenters. The maximum absolute atomic E-state index is 3.13. The van der Waals surface area contributed by atoms with E-state index >= 15 is 0 Å². The predicted molar refractivity (Wildman–Crippen MR) is 65.4 cm³/mol. The first-order valence-electron chi connectivity index (χ1n) is 5.61. The highest BCUT2D eigenvalue weighted by Crippen LogP contribution is 1.95. The molecule has 0 aliphatic heterocycles. The van der Waals surface area contributed by atoms with Gasteiger partial charge in [-0.2, -0.15) is 0 Å². The second kappa shape index (κ2) is 12.0. The van der Waals surface area contributed by atoms with Gasteiger partial charge in [0.2, 0.25) is 0 Å². The van der Waals surface area contributed by atoms with E-state index in [9.17, 15) is 0 Å². The van der Waals surface area contributed by atoms with Crippen LogP contribution in [0.5, 0.6) is 0 Å². The molecule has 0 bridgehead atoms. The van der Waals surface area contributed by atoms with Gasteiger partial charge in [-0.15, -0.1) is 5.73 Å². The second-order valence-corrected chi connectivity index (χ2v) is 3.15. The first kappa shape index (κ1) is 13.0. The van der Waals surface area contributed by atoms with Crippen LogP contribution in [0.3, 0.4) is 0 Å². The molecule has 0 nitrogen and oxygen atoms in total. The molecular formula is C14H22. The van der Waals surface area contributed by atoms with E-state index in [1.165, 1.54) is 6.42 Å². The van der Waals surface area contributed by atoms with Gasteiger partial charge in [0.25, 0.3) is 0 Å². The molecule has 0 N–H and O–H groups in total. The van der Waals surface area contributed by atoms with E-state index in [4.69, 9.17) is 0 Å². The monoisotopic (exact) mass is 190 g/mol. The minimum absolute atomic E-state index is 1.01. The summed E-state index contributed by atoms with van der Waals surface area (Å²) in [5.41, 5.74) is 3.13. The molecule has 0 aromatic heterocycles. The lowest BCUT2D eigenvalue weighted by atomic mass is 10.2. The molecular weight excluding hydrogens is 168 g/mol. The molecule has 0 radical (unpaired) electrons. The standard InChI is InChI=1S/C14H22/c1-3-5-7-9-11-13-14-12-10-8-6-4-2/h5-7,10,13-14H,3-4,9,11-12H2,1-2H3. The van der Waals surface area contributed by atoms with Crippen molar-refractivity contribution in [1.82, 2.24) is 0 Å². The summed E-state index contributed by atoms with van der Waals surface area (Å²) < 4.78 is 0. The van der Waals surface area contributed by atoms with Crippen molar-refractivity contribution in [2.45, 2.75) is 46.0 Å². The fourth-order valence-electron chi connectivity index (χ4n) is 1.03. The average molecular weight is 190 g/mol. The zero-order chi connectivity index (χ0) is 10.5. The molecule has 0 heteroatoms. The van der Waals surface area contributed by atoms with Crippen molar-refractivity contribution in [3.63, 3.8) is 0 Å². The van der Waals surface area contributed by atoms with Crippen LogP contribution in [0.2, 0.25) is 0 Å². The maximum atomic E-state index is 3.13. The molecule has 0 fully saturated rings. The van der Waals surface area contributed by atoms with E-state index in [0.717, 1.165) is 25.7 Å². The summed E-state index contributed by atoms with van der Waals surface area (Å²) in [6.07, 6.45) is 18.6. The molecule has 14 heavy (non-hydrogen) atoms. The minimum atomic E-state index is 1.01. The van der Waals surface area contributed by atoms with Crippen molar-refractivity contribution in [3.8, 4) is 0 Å². The molecule has 78 valence electrons. The first-order valence-corrected chi connectivity index (χ1v) is 5.61. The van der Waals surface area contributed by atoms with Crippen LogP contribution >= 0.6 is 0 Å². The Morgan fingerprint density at radius 2 is 1.50 bits per heavy atom. The fourth-order valence-corrected chi connectivity index (χ4v) is 1.03. The minimum Gasteiger partial charge on any atom is -0.129 e. The molecule has 0 aromatic rings. The summed E-state index contributed by atoms with van der Waals surface area (Å²) in [6, 6.07) is 0. The zero-order valence-corrected chi connectivity index (χ0v) is 9.50. The Balaban J connectivity index is 3.36. The van der Waals surface area contributed by atoms with E-state index in [-0.39, 0.29) is 0 Å². The lowest BCUT2D eigenvalue weighted by Gasteiger charge is -1.85. The number of allylic oxidation sites excluding steroid dienone is 5. The van der Waals surface area contributed by atoms with Crippen LogP contribution in [0.15, 0.2) is 42.2 Å². The second-order valence-electron chi connectivity index (χ2n) is 3.15. The van der Waals surface area contributed by atoms with Gasteiger partial charge in [-0.25, -0.2) is 0 Å². The normalized spacial score (nSPS) is 10.7. The quantitative estimate of drug-likeness (QED) is 0.307. The number of hydrogen-bond donors (Lipinski definition) is 0. The molecule has 0 saturated heterocycles. The van der Waals surface area contributed by atoms with E-state index in [2.05, 4.69) is 56.0 Å². The highest BCUT2D eigenvalue weighted by atomic mass is 13.8. The SMILES string of the molecule is CCC=C=CCC=CCCC=CCC. The Bertz CT molecular complexity index is 212. The van der Waals surface area contributed by atoms with Gasteiger partial charge in [0.15, 0.2) is 0 Å².